The van der Waals surface area contributed by atoms with Gasteiger partial charge in [-0.2, -0.15) is 0 Å². The molecule has 1 nitrogen and oxygen atoms in total. The van der Waals surface area contributed by atoms with Crippen LogP contribution < -0.4 is 5.32 Å². The van der Waals surface area contributed by atoms with E-state index < -0.39 is 0 Å². The topological polar surface area (TPSA) is 12.0 Å². The van der Waals surface area contributed by atoms with Crippen LogP contribution in [0.1, 0.15) is 45.6 Å². The molecule has 0 aliphatic carbocycles. The fourth-order valence-electron chi connectivity index (χ4n) is 2.17. The molecule has 2 unspecified atom stereocenters. The number of nitrogens with one attached hydrogen (secondary N) is 1. The first kappa shape index (κ1) is 15.7. The maximum Gasteiger partial charge on any atom is 0.0207 e. The van der Waals surface area contributed by atoms with E-state index in [4.69, 9.17) is 0 Å². The maximum atomic E-state index is 3.69. The molecule has 2 heteroatoms. The van der Waals surface area contributed by atoms with Crippen molar-refractivity contribution < 1.29 is 0 Å². The molecule has 0 fully saturated rings. The molecule has 1 rings (SSSR count). The van der Waals surface area contributed by atoms with Gasteiger partial charge in [0.05, 0.1) is 0 Å². The average Bonchev–Trinajstić information content (AvgIpc) is 2.38. The Morgan fingerprint density at radius 2 is 1.94 bits per heavy atom. The number of hydrogen-bond donors (Lipinski definition) is 1. The molecular weight excluding hydrogens is 286 g/mol. The summed E-state index contributed by atoms with van der Waals surface area (Å²) >= 11 is 3.65. The zero-order valence-electron chi connectivity index (χ0n) is 11.9. The van der Waals surface area contributed by atoms with E-state index >= 15 is 0 Å². The largest absolute Gasteiger partial charge is 0.314 e. The van der Waals surface area contributed by atoms with Gasteiger partial charge in [-0.15, -0.1) is 0 Å². The molecule has 0 amide bonds. The normalized spacial score (nSPS) is 14.4. The number of hydrogen-bond acceptors (Lipinski definition) is 1. The molecule has 0 aliphatic rings. The lowest BCUT2D eigenvalue weighted by atomic mass is 9.94. The third-order valence-electron chi connectivity index (χ3n) is 3.49. The first-order valence-electron chi connectivity index (χ1n) is 7.14. The van der Waals surface area contributed by atoms with Crippen LogP contribution in [0.4, 0.5) is 0 Å². The molecule has 18 heavy (non-hydrogen) atoms. The van der Waals surface area contributed by atoms with Gasteiger partial charge in [0.15, 0.2) is 0 Å². The van der Waals surface area contributed by atoms with Crippen molar-refractivity contribution >= 4 is 15.9 Å². The molecule has 0 bridgehead atoms. The lowest BCUT2D eigenvalue weighted by Crippen LogP contribution is -2.33. The van der Waals surface area contributed by atoms with Crippen molar-refractivity contribution in [2.45, 2.75) is 52.5 Å². The van der Waals surface area contributed by atoms with Gasteiger partial charge in [-0.1, -0.05) is 61.3 Å². The Morgan fingerprint density at radius 1 is 1.22 bits per heavy atom. The van der Waals surface area contributed by atoms with Gasteiger partial charge in [-0.3, -0.25) is 0 Å². The van der Waals surface area contributed by atoms with Crippen LogP contribution >= 0.6 is 15.9 Å². The fourth-order valence-corrected chi connectivity index (χ4v) is 2.62. The van der Waals surface area contributed by atoms with Crippen molar-refractivity contribution in [2.24, 2.45) is 5.92 Å². The molecule has 0 aliphatic heterocycles. The molecule has 2 atom stereocenters. The van der Waals surface area contributed by atoms with Gasteiger partial charge in [-0.05, 0) is 43.4 Å². The van der Waals surface area contributed by atoms with Gasteiger partial charge in [0.2, 0.25) is 0 Å². The first-order valence-corrected chi connectivity index (χ1v) is 7.93. The Balaban J connectivity index is 2.62. The highest BCUT2D eigenvalue weighted by atomic mass is 79.9. The highest BCUT2D eigenvalue weighted by molar-refractivity contribution is 9.10. The van der Waals surface area contributed by atoms with Crippen LogP contribution in [0.3, 0.4) is 0 Å². The van der Waals surface area contributed by atoms with E-state index in [9.17, 15) is 0 Å². The van der Waals surface area contributed by atoms with Crippen LogP contribution in [0.2, 0.25) is 0 Å². The summed E-state index contributed by atoms with van der Waals surface area (Å²) in [5.74, 6) is 0.793. The monoisotopic (exact) mass is 311 g/mol. The minimum absolute atomic E-state index is 0.596. The average molecular weight is 312 g/mol. The summed E-state index contributed by atoms with van der Waals surface area (Å²) in [4.78, 5) is 0. The quantitative estimate of drug-likeness (QED) is 0.727. The van der Waals surface area contributed by atoms with E-state index in [2.05, 4.69) is 66.3 Å². The minimum atomic E-state index is 0.596. The molecule has 0 saturated carbocycles. The minimum Gasteiger partial charge on any atom is -0.314 e. The molecule has 102 valence electrons. The molecule has 1 aromatic carbocycles. The summed E-state index contributed by atoms with van der Waals surface area (Å²) in [6.45, 7) is 7.97. The second-order valence-electron chi connectivity index (χ2n) is 5.20. The predicted octanol–water partition coefficient (Wildman–Crippen LogP) is 4.80. The van der Waals surface area contributed by atoms with Crippen LogP contribution in [0.25, 0.3) is 0 Å². The predicted molar refractivity (Wildman–Crippen MR) is 84.0 cm³/mol. The van der Waals surface area contributed by atoms with Crippen molar-refractivity contribution in [3.63, 3.8) is 0 Å². The first-order chi connectivity index (χ1) is 8.67. The second kappa shape index (κ2) is 8.71. The van der Waals surface area contributed by atoms with Crippen molar-refractivity contribution in [1.82, 2.24) is 5.32 Å². The summed E-state index contributed by atoms with van der Waals surface area (Å²) in [5, 5.41) is 3.69. The Labute approximate surface area is 120 Å². The second-order valence-corrected chi connectivity index (χ2v) is 6.05. The number of benzene rings is 1. The third kappa shape index (κ3) is 5.53. The van der Waals surface area contributed by atoms with Crippen molar-refractivity contribution in [2.75, 3.05) is 6.54 Å². The molecular formula is C16H26BrN. The van der Waals surface area contributed by atoms with Gasteiger partial charge in [-0.25, -0.2) is 0 Å². The molecule has 1 aromatic rings. The van der Waals surface area contributed by atoms with Gasteiger partial charge in [0.25, 0.3) is 0 Å². The molecule has 0 saturated heterocycles. The highest BCUT2D eigenvalue weighted by Gasteiger charge is 2.13. The van der Waals surface area contributed by atoms with Crippen LogP contribution in [-0.2, 0) is 6.42 Å². The smallest absolute Gasteiger partial charge is 0.0207 e. The lowest BCUT2D eigenvalue weighted by molar-refractivity contribution is 0.391. The van der Waals surface area contributed by atoms with E-state index in [0.717, 1.165) is 18.9 Å². The summed E-state index contributed by atoms with van der Waals surface area (Å²) in [7, 11) is 0. The van der Waals surface area contributed by atoms with Crippen LogP contribution in [-0.4, -0.2) is 12.6 Å². The van der Waals surface area contributed by atoms with E-state index in [0.29, 0.717) is 6.04 Å². The summed E-state index contributed by atoms with van der Waals surface area (Å²) in [6, 6.07) is 9.16. The molecule has 0 heterocycles. The van der Waals surface area contributed by atoms with Gasteiger partial charge >= 0.3 is 0 Å². The maximum absolute atomic E-state index is 3.69. The number of halogens is 1. The summed E-state index contributed by atoms with van der Waals surface area (Å²) < 4.78 is 1.23. The highest BCUT2D eigenvalue weighted by Crippen LogP contribution is 2.20. The summed E-state index contributed by atoms with van der Waals surface area (Å²) in [6.07, 6.45) is 4.84. The van der Waals surface area contributed by atoms with Crippen molar-refractivity contribution in [3.05, 3.63) is 34.3 Å². The fraction of sp³-hybridized carbons (Fsp3) is 0.625. The standard InChI is InChI=1S/C16H26BrN/c1-4-10-18-15(11-13(3)5-2)12-14-8-6-7-9-16(14)17/h6-9,13,15,18H,4-5,10-12H2,1-3H3. The SMILES string of the molecule is CCCNC(Cc1ccccc1Br)CC(C)CC. The van der Waals surface area contributed by atoms with Gasteiger partial charge < -0.3 is 5.32 Å². The van der Waals surface area contributed by atoms with Gasteiger partial charge in [0.1, 0.15) is 0 Å². The Bertz CT molecular complexity index is 338. The third-order valence-corrected chi connectivity index (χ3v) is 4.26. The van der Waals surface area contributed by atoms with Crippen LogP contribution in [0, 0.1) is 5.92 Å². The van der Waals surface area contributed by atoms with E-state index in [1.54, 1.807) is 0 Å². The van der Waals surface area contributed by atoms with Gasteiger partial charge in [0, 0.05) is 10.5 Å². The zero-order chi connectivity index (χ0) is 13.4. The van der Waals surface area contributed by atoms with E-state index in [1.807, 2.05) is 0 Å². The van der Waals surface area contributed by atoms with E-state index in [-0.39, 0.29) is 0 Å². The Kier molecular flexibility index (Phi) is 7.60. The molecule has 0 aromatic heterocycles. The number of rotatable bonds is 8. The Morgan fingerprint density at radius 3 is 2.56 bits per heavy atom. The Hall–Kier alpha value is -0.340. The molecule has 0 radical (unpaired) electrons. The molecule has 0 spiro atoms. The summed E-state index contributed by atoms with van der Waals surface area (Å²) in [5.41, 5.74) is 1.41. The van der Waals surface area contributed by atoms with Crippen LogP contribution in [0.15, 0.2) is 28.7 Å². The molecule has 1 N–H and O–H groups in total. The zero-order valence-corrected chi connectivity index (χ0v) is 13.5. The van der Waals surface area contributed by atoms with Crippen LogP contribution in [0.5, 0.6) is 0 Å². The van der Waals surface area contributed by atoms with Crippen molar-refractivity contribution in [1.29, 1.82) is 0 Å². The lowest BCUT2D eigenvalue weighted by Gasteiger charge is -2.22. The van der Waals surface area contributed by atoms with Crippen molar-refractivity contribution in [3.8, 4) is 0 Å². The van der Waals surface area contributed by atoms with E-state index in [1.165, 1.54) is 29.3 Å².